The number of halogens is 2. The second kappa shape index (κ2) is 12.1. The molecule has 4 aromatic carbocycles. The molecule has 0 aromatic heterocycles. The van der Waals surface area contributed by atoms with Crippen molar-refractivity contribution >= 4 is 55.6 Å². The van der Waals surface area contributed by atoms with Gasteiger partial charge in [-0.2, -0.15) is 0 Å². The van der Waals surface area contributed by atoms with Crippen molar-refractivity contribution in [1.82, 2.24) is 0 Å². The van der Waals surface area contributed by atoms with E-state index in [4.69, 9.17) is 0 Å². The molecule has 0 heterocycles. The van der Waals surface area contributed by atoms with Crippen molar-refractivity contribution in [3.05, 3.63) is 116 Å². The van der Waals surface area contributed by atoms with Gasteiger partial charge in [-0.25, -0.2) is 0 Å². The van der Waals surface area contributed by atoms with Gasteiger partial charge in [-0.1, -0.05) is 65.8 Å². The van der Waals surface area contributed by atoms with E-state index in [1.165, 1.54) is 62.5 Å². The Morgan fingerprint density at radius 3 is 2.14 bits per heavy atom. The van der Waals surface area contributed by atoms with Gasteiger partial charge in [0.05, 0.1) is 0 Å². The zero-order chi connectivity index (χ0) is 17.8. The van der Waals surface area contributed by atoms with Gasteiger partial charge in [0.1, 0.15) is 0 Å². The third-order valence-corrected chi connectivity index (χ3v) is 5.56. The van der Waals surface area contributed by atoms with Gasteiger partial charge in [0.25, 0.3) is 0 Å². The van der Waals surface area contributed by atoms with Crippen LogP contribution in [0.15, 0.2) is 97.1 Å². The fourth-order valence-corrected chi connectivity index (χ4v) is 3.93. The first kappa shape index (κ1) is 25.4. The maximum absolute atomic E-state index is 2.32. The first-order chi connectivity index (χ1) is 12.9. The number of hydrogen-bond donors (Lipinski definition) is 0. The zero-order valence-corrected chi connectivity index (χ0v) is 20.4. The molecule has 0 saturated heterocycles. The third kappa shape index (κ3) is 5.70. The predicted molar refractivity (Wildman–Crippen MR) is 131 cm³/mol. The number of fused-ring (bicyclic) bond motifs is 3. The summed E-state index contributed by atoms with van der Waals surface area (Å²) in [4.78, 5) is 0. The molecule has 0 saturated carbocycles. The van der Waals surface area contributed by atoms with Crippen molar-refractivity contribution in [1.29, 1.82) is 0 Å². The van der Waals surface area contributed by atoms with Crippen molar-refractivity contribution in [2.75, 3.05) is 0 Å². The minimum atomic E-state index is 0. The first-order valence-corrected chi connectivity index (χ1v) is 10.3. The van der Waals surface area contributed by atoms with Crippen LogP contribution in [0.4, 0.5) is 0 Å². The van der Waals surface area contributed by atoms with Crippen molar-refractivity contribution in [3.8, 4) is 0 Å². The molecule has 0 amide bonds. The summed E-state index contributed by atoms with van der Waals surface area (Å²) in [7, 11) is 0. The Labute approximate surface area is 200 Å². The summed E-state index contributed by atoms with van der Waals surface area (Å²) in [6, 6.07) is 27.9. The summed E-state index contributed by atoms with van der Waals surface area (Å²) >= 11 is 1.46. The van der Waals surface area contributed by atoms with Crippen LogP contribution < -0.4 is 0 Å². The summed E-state index contributed by atoms with van der Waals surface area (Å²) in [5.41, 5.74) is 4.13. The molecule has 3 heteroatoms. The molecule has 0 N–H and O–H groups in total. The van der Waals surface area contributed by atoms with Crippen molar-refractivity contribution in [2.24, 2.45) is 0 Å². The van der Waals surface area contributed by atoms with Crippen LogP contribution in [0.25, 0.3) is 27.1 Å². The van der Waals surface area contributed by atoms with Gasteiger partial charge >= 0.3 is 63.8 Å². The van der Waals surface area contributed by atoms with Crippen molar-refractivity contribution in [3.63, 3.8) is 0 Å². The van der Waals surface area contributed by atoms with Crippen LogP contribution in [-0.2, 0) is 24.2 Å². The second-order valence-corrected chi connectivity index (χ2v) is 7.09. The SMILES string of the molecule is C1=CCC(c2cccc3c2[cH-]c2ccccc23)=C1.Cl.Cl.[CH3-].[Zr+2]=[CH]c1ccccc1. The Morgan fingerprint density at radius 1 is 0.793 bits per heavy atom. The van der Waals surface area contributed by atoms with E-state index in [0.717, 1.165) is 6.42 Å². The van der Waals surface area contributed by atoms with Gasteiger partial charge < -0.3 is 7.43 Å². The second-order valence-electron chi connectivity index (χ2n) is 6.38. The van der Waals surface area contributed by atoms with Gasteiger partial charge in [-0.3, -0.25) is 0 Å². The molecule has 1 aliphatic carbocycles. The van der Waals surface area contributed by atoms with E-state index < -0.39 is 0 Å². The molecule has 0 bridgehead atoms. The molecule has 4 aromatic rings. The Morgan fingerprint density at radius 2 is 1.48 bits per heavy atom. The van der Waals surface area contributed by atoms with Crippen LogP contribution in [0.1, 0.15) is 17.5 Å². The fraction of sp³-hybridized carbons (Fsp3) is 0.0385. The van der Waals surface area contributed by atoms with Crippen LogP contribution in [0.5, 0.6) is 0 Å². The topological polar surface area (TPSA) is 0 Å². The number of benzene rings is 3. The van der Waals surface area contributed by atoms with Gasteiger partial charge in [0.2, 0.25) is 0 Å². The van der Waals surface area contributed by atoms with Crippen LogP contribution in [0.3, 0.4) is 0 Å². The van der Waals surface area contributed by atoms with Gasteiger partial charge in [0.15, 0.2) is 0 Å². The van der Waals surface area contributed by atoms with Crippen LogP contribution in [0.2, 0.25) is 0 Å². The van der Waals surface area contributed by atoms with Gasteiger partial charge in [0, 0.05) is 0 Å². The summed E-state index contributed by atoms with van der Waals surface area (Å²) < 4.78 is 2.17. The normalized spacial score (nSPS) is 11.4. The fourth-order valence-electron chi connectivity index (χ4n) is 3.46. The third-order valence-electron chi connectivity index (χ3n) is 4.74. The summed E-state index contributed by atoms with van der Waals surface area (Å²) in [6.07, 6.45) is 7.65. The molecule has 0 aliphatic heterocycles. The number of hydrogen-bond acceptors (Lipinski definition) is 0. The monoisotopic (exact) mass is 496 g/mol. The Balaban J connectivity index is 0.000000332. The molecular formula is C26H24Cl2Zr. The maximum atomic E-state index is 2.32. The average molecular weight is 499 g/mol. The molecular weight excluding hydrogens is 474 g/mol. The molecule has 0 nitrogen and oxygen atoms in total. The Kier molecular flexibility index (Phi) is 10.6. The molecule has 146 valence electrons. The molecule has 0 spiro atoms. The Bertz CT molecular complexity index is 1120. The molecule has 1 aliphatic rings. The summed E-state index contributed by atoms with van der Waals surface area (Å²) in [5, 5.41) is 5.46. The Hall–Kier alpha value is -1.66. The predicted octanol–water partition coefficient (Wildman–Crippen LogP) is 7.73. The minimum absolute atomic E-state index is 0. The van der Waals surface area contributed by atoms with Crippen LogP contribution in [0, 0.1) is 7.43 Å². The van der Waals surface area contributed by atoms with E-state index in [-0.39, 0.29) is 32.2 Å². The van der Waals surface area contributed by atoms with Crippen LogP contribution in [-0.4, -0.2) is 3.71 Å². The molecule has 5 rings (SSSR count). The molecule has 0 radical (unpaired) electrons. The summed E-state index contributed by atoms with van der Waals surface area (Å²) in [6.45, 7) is 0. The quantitative estimate of drug-likeness (QED) is 0.248. The molecule has 0 atom stereocenters. The van der Waals surface area contributed by atoms with E-state index in [1.807, 2.05) is 6.07 Å². The van der Waals surface area contributed by atoms with Gasteiger partial charge in [-0.05, 0) is 6.42 Å². The van der Waals surface area contributed by atoms with Crippen molar-refractivity contribution in [2.45, 2.75) is 6.42 Å². The van der Waals surface area contributed by atoms with Crippen LogP contribution >= 0.6 is 24.8 Å². The van der Waals surface area contributed by atoms with E-state index >= 15 is 0 Å². The summed E-state index contributed by atoms with van der Waals surface area (Å²) in [5.74, 6) is 0. The number of allylic oxidation sites excluding steroid dienone is 4. The average Bonchev–Trinajstić information content (AvgIpc) is 3.37. The molecule has 0 fully saturated rings. The molecule has 0 unspecified atom stereocenters. The van der Waals surface area contributed by atoms with E-state index in [0.29, 0.717) is 0 Å². The van der Waals surface area contributed by atoms with Crippen molar-refractivity contribution < 1.29 is 24.2 Å². The van der Waals surface area contributed by atoms with E-state index in [9.17, 15) is 0 Å². The standard InChI is InChI=1S/C18H13.C7H6.CH3.2ClH.Zr/c1-2-7-13(6-1)15-10-5-11-17-16-9-4-3-8-14(16)12-18(15)17;1-7-5-3-2-4-6-7;;;;/h1-6,8-12H,7H2;1-6H;1H3;2*1H;/q-1;;-1;;;+2. The van der Waals surface area contributed by atoms with E-state index in [2.05, 4.69) is 94.7 Å². The molecule has 29 heavy (non-hydrogen) atoms. The number of rotatable bonds is 2. The zero-order valence-electron chi connectivity index (χ0n) is 16.3. The van der Waals surface area contributed by atoms with Gasteiger partial charge in [-0.15, -0.1) is 58.5 Å². The first-order valence-electron chi connectivity index (χ1n) is 8.85. The van der Waals surface area contributed by atoms with E-state index in [1.54, 1.807) is 0 Å².